The SMILES string of the molecule is N#Cc1cc(Nc2ncnc3c2=CC2OCCOCCOCCOCCOC2C=3)ccc1OCc1cccc(F)c1. The molecule has 41 heavy (non-hydrogen) atoms. The summed E-state index contributed by atoms with van der Waals surface area (Å²) < 4.78 is 48.1. The summed E-state index contributed by atoms with van der Waals surface area (Å²) in [5, 5.41) is 14.5. The van der Waals surface area contributed by atoms with E-state index in [9.17, 15) is 9.65 Å². The standard InChI is InChI=1S/C30H31FN4O6/c31-23-3-1-2-21(14-23)19-41-27-5-4-24(15-22(27)18-32)35-30-25-16-28-29(17-26(25)33-20-34-30)40-13-11-38-9-7-36-6-8-37-10-12-39-28/h1-5,14-17,20,28-29H,6-13,19H2,(H,33,34,35). The van der Waals surface area contributed by atoms with E-state index in [1.807, 2.05) is 12.2 Å². The number of hydrogen-bond acceptors (Lipinski definition) is 10. The van der Waals surface area contributed by atoms with E-state index in [1.54, 1.807) is 30.3 Å². The molecule has 2 aliphatic rings. The maximum Gasteiger partial charge on any atom is 0.141 e. The second-order valence-electron chi connectivity index (χ2n) is 9.23. The average Bonchev–Trinajstić information content (AvgIpc) is 2.99. The van der Waals surface area contributed by atoms with E-state index < -0.39 is 6.10 Å². The molecule has 2 unspecified atom stereocenters. The number of anilines is 2. The summed E-state index contributed by atoms with van der Waals surface area (Å²) >= 11 is 0. The van der Waals surface area contributed by atoms with Crippen LogP contribution in [0.25, 0.3) is 12.2 Å². The number of ether oxygens (including phenoxy) is 6. The van der Waals surface area contributed by atoms with Crippen LogP contribution in [-0.2, 0) is 30.3 Å². The van der Waals surface area contributed by atoms with Crippen LogP contribution in [0.5, 0.6) is 5.75 Å². The number of halogens is 1. The van der Waals surface area contributed by atoms with Gasteiger partial charge in [-0.15, -0.1) is 0 Å². The quantitative estimate of drug-likeness (QED) is 0.496. The van der Waals surface area contributed by atoms with Gasteiger partial charge in [0, 0.05) is 10.9 Å². The number of benzene rings is 2. The van der Waals surface area contributed by atoms with Crippen molar-refractivity contribution >= 4 is 23.7 Å². The Morgan fingerprint density at radius 3 is 2.29 bits per heavy atom. The number of nitrogens with zero attached hydrogens (tertiary/aromatic N) is 3. The van der Waals surface area contributed by atoms with Crippen LogP contribution in [0.3, 0.4) is 0 Å². The first-order chi connectivity index (χ1) is 20.2. The van der Waals surface area contributed by atoms with Crippen LogP contribution in [0.4, 0.5) is 15.9 Å². The number of hydrogen-bond donors (Lipinski definition) is 1. The summed E-state index contributed by atoms with van der Waals surface area (Å²) in [5.41, 5.74) is 1.64. The highest BCUT2D eigenvalue weighted by Crippen LogP contribution is 2.24. The van der Waals surface area contributed by atoms with Crippen LogP contribution >= 0.6 is 0 Å². The van der Waals surface area contributed by atoms with Crippen LogP contribution in [0, 0.1) is 17.1 Å². The molecule has 0 bridgehead atoms. The van der Waals surface area contributed by atoms with Crippen molar-refractivity contribution in [2.75, 3.05) is 58.2 Å². The van der Waals surface area contributed by atoms with Crippen molar-refractivity contribution in [3.63, 3.8) is 0 Å². The van der Waals surface area contributed by atoms with Gasteiger partial charge in [-0.3, -0.25) is 0 Å². The molecule has 0 saturated carbocycles. The molecule has 2 atom stereocenters. The summed E-state index contributed by atoms with van der Waals surface area (Å²) in [6.45, 7) is 3.73. The summed E-state index contributed by atoms with van der Waals surface area (Å²) in [4.78, 5) is 8.89. The summed E-state index contributed by atoms with van der Waals surface area (Å²) in [6, 6.07) is 13.5. The van der Waals surface area contributed by atoms with Crippen LogP contribution < -0.4 is 20.6 Å². The second kappa shape index (κ2) is 14.6. The molecular weight excluding hydrogens is 531 g/mol. The fraction of sp³-hybridized carbons (Fsp3) is 0.367. The molecule has 0 radical (unpaired) electrons. The Labute approximate surface area is 236 Å². The maximum atomic E-state index is 13.5. The monoisotopic (exact) mass is 562 g/mol. The fourth-order valence-electron chi connectivity index (χ4n) is 4.38. The molecule has 0 spiro atoms. The van der Waals surface area contributed by atoms with E-state index in [0.29, 0.717) is 86.6 Å². The number of rotatable bonds is 5. The van der Waals surface area contributed by atoms with Crippen molar-refractivity contribution in [3.05, 3.63) is 76.3 Å². The lowest BCUT2D eigenvalue weighted by molar-refractivity contribution is -0.0448. The number of nitriles is 1. The Kier molecular flexibility index (Phi) is 10.2. The first kappa shape index (κ1) is 28.6. The molecule has 1 saturated heterocycles. The summed E-state index contributed by atoms with van der Waals surface area (Å²) in [7, 11) is 0. The predicted octanol–water partition coefficient (Wildman–Crippen LogP) is 2.22. The highest BCUT2D eigenvalue weighted by molar-refractivity contribution is 5.64. The van der Waals surface area contributed by atoms with E-state index in [1.165, 1.54) is 18.5 Å². The summed E-state index contributed by atoms with van der Waals surface area (Å²) in [6.07, 6.45) is 4.56. The van der Waals surface area contributed by atoms with E-state index in [-0.39, 0.29) is 18.5 Å². The van der Waals surface area contributed by atoms with E-state index in [4.69, 9.17) is 28.4 Å². The van der Waals surface area contributed by atoms with Crippen molar-refractivity contribution in [2.45, 2.75) is 18.8 Å². The lowest BCUT2D eigenvalue weighted by Crippen LogP contribution is -2.44. The van der Waals surface area contributed by atoms with Crippen LogP contribution in [0.2, 0.25) is 0 Å². The van der Waals surface area contributed by atoms with Gasteiger partial charge in [0.2, 0.25) is 0 Å². The van der Waals surface area contributed by atoms with Gasteiger partial charge in [-0.05, 0) is 48.0 Å². The van der Waals surface area contributed by atoms with E-state index >= 15 is 0 Å². The molecule has 3 aromatic rings. The first-order valence-corrected chi connectivity index (χ1v) is 13.4. The molecule has 2 heterocycles. The predicted molar refractivity (Wildman–Crippen MR) is 147 cm³/mol. The van der Waals surface area contributed by atoms with Gasteiger partial charge in [-0.2, -0.15) is 5.26 Å². The molecule has 2 aromatic carbocycles. The average molecular weight is 563 g/mol. The van der Waals surface area contributed by atoms with Crippen LogP contribution in [0.1, 0.15) is 11.1 Å². The van der Waals surface area contributed by atoms with Gasteiger partial charge in [0.1, 0.15) is 48.6 Å². The Morgan fingerprint density at radius 2 is 1.59 bits per heavy atom. The molecule has 10 nitrogen and oxygen atoms in total. The zero-order valence-corrected chi connectivity index (χ0v) is 22.5. The molecule has 1 aromatic heterocycles. The molecule has 0 amide bonds. The third-order valence-corrected chi connectivity index (χ3v) is 6.36. The third kappa shape index (κ3) is 8.07. The Bertz CT molecular complexity index is 1480. The van der Waals surface area contributed by atoms with Crippen molar-refractivity contribution in [1.29, 1.82) is 5.26 Å². The molecule has 1 N–H and O–H groups in total. The topological polar surface area (TPSA) is 117 Å². The zero-order valence-electron chi connectivity index (χ0n) is 22.5. The van der Waals surface area contributed by atoms with E-state index in [2.05, 4.69) is 21.4 Å². The van der Waals surface area contributed by atoms with Gasteiger partial charge in [-0.1, -0.05) is 12.1 Å². The number of aromatic nitrogens is 2. The van der Waals surface area contributed by atoms with Crippen molar-refractivity contribution < 1.29 is 32.8 Å². The highest BCUT2D eigenvalue weighted by Gasteiger charge is 2.23. The first-order valence-electron chi connectivity index (χ1n) is 13.4. The van der Waals surface area contributed by atoms with Crippen molar-refractivity contribution in [2.24, 2.45) is 0 Å². The normalized spacial score (nSPS) is 20.0. The van der Waals surface area contributed by atoms with Crippen molar-refractivity contribution in [3.8, 4) is 11.8 Å². The summed E-state index contributed by atoms with van der Waals surface area (Å²) in [5.74, 6) is 0.610. The third-order valence-electron chi connectivity index (χ3n) is 6.36. The number of fused-ring (bicyclic) bond motifs is 2. The smallest absolute Gasteiger partial charge is 0.141 e. The lowest BCUT2D eigenvalue weighted by atomic mass is 10.1. The molecule has 214 valence electrons. The molecule has 5 rings (SSSR count). The minimum Gasteiger partial charge on any atom is -0.488 e. The van der Waals surface area contributed by atoms with Gasteiger partial charge in [0.25, 0.3) is 0 Å². The molecule has 1 fully saturated rings. The lowest BCUT2D eigenvalue weighted by Gasteiger charge is -2.25. The molecule has 11 heteroatoms. The second-order valence-corrected chi connectivity index (χ2v) is 9.23. The van der Waals surface area contributed by atoms with Crippen molar-refractivity contribution in [1.82, 2.24) is 9.97 Å². The molecule has 1 aliphatic carbocycles. The van der Waals surface area contributed by atoms with Gasteiger partial charge in [0.15, 0.2) is 0 Å². The molecular formula is C30H31FN4O6. The largest absolute Gasteiger partial charge is 0.488 e. The van der Waals surface area contributed by atoms with Gasteiger partial charge < -0.3 is 33.7 Å². The van der Waals surface area contributed by atoms with E-state index in [0.717, 1.165) is 5.22 Å². The minimum atomic E-state index is -0.396. The Hall–Kier alpha value is -3.92. The maximum absolute atomic E-state index is 13.5. The van der Waals surface area contributed by atoms with Gasteiger partial charge in [0.05, 0.1) is 63.8 Å². The van der Waals surface area contributed by atoms with Gasteiger partial charge in [-0.25, -0.2) is 14.4 Å². The Morgan fingerprint density at radius 1 is 0.878 bits per heavy atom. The van der Waals surface area contributed by atoms with Gasteiger partial charge >= 0.3 is 0 Å². The van der Waals surface area contributed by atoms with Crippen LogP contribution in [-0.4, -0.2) is 75.0 Å². The fourth-order valence-corrected chi connectivity index (χ4v) is 4.38. The zero-order chi connectivity index (χ0) is 28.3. The van der Waals surface area contributed by atoms with Crippen LogP contribution in [0.15, 0.2) is 48.8 Å². The number of nitrogens with one attached hydrogen (secondary N) is 1. The highest BCUT2D eigenvalue weighted by atomic mass is 19.1. The Balaban J connectivity index is 1.33. The molecule has 1 aliphatic heterocycles. The minimum absolute atomic E-state index is 0.138.